The van der Waals surface area contributed by atoms with E-state index in [9.17, 15) is 0 Å². The molecule has 0 heterocycles. The van der Waals surface area contributed by atoms with Crippen molar-refractivity contribution >= 4 is 5.96 Å². The lowest BCUT2D eigenvalue weighted by Gasteiger charge is -2.18. The molecule has 0 fully saturated rings. The van der Waals surface area contributed by atoms with Crippen molar-refractivity contribution in [2.24, 2.45) is 10.9 Å². The summed E-state index contributed by atoms with van der Waals surface area (Å²) in [7, 11) is 5.90. The normalized spacial score (nSPS) is 11.9. The van der Waals surface area contributed by atoms with E-state index in [0.29, 0.717) is 19.1 Å². The first-order chi connectivity index (χ1) is 11.6. The number of nitrogens with one attached hydrogen (secondary N) is 2. The van der Waals surface area contributed by atoms with Crippen LogP contribution in [0.15, 0.2) is 29.3 Å². The highest BCUT2D eigenvalue weighted by molar-refractivity contribution is 5.79. The van der Waals surface area contributed by atoms with E-state index in [1.54, 1.807) is 0 Å². The molecule has 0 aromatic heterocycles. The molecule has 1 aromatic rings. The molecule has 1 rings (SSSR count). The van der Waals surface area contributed by atoms with Crippen LogP contribution < -0.4 is 15.4 Å². The average molecular weight is 335 g/mol. The molecule has 0 spiro atoms. The Bertz CT molecular complexity index is 484. The highest BCUT2D eigenvalue weighted by Gasteiger charge is 2.07. The summed E-state index contributed by atoms with van der Waals surface area (Å²) in [5.74, 6) is 2.46. The van der Waals surface area contributed by atoms with Gasteiger partial charge in [-0.1, -0.05) is 44.9 Å². The predicted octanol–water partition coefficient (Wildman–Crippen LogP) is 2.73. The number of aliphatic imine (C=N–C) groups is 1. The minimum absolute atomic E-state index is 0.685. The molecule has 0 saturated carbocycles. The number of benzene rings is 1. The first-order valence-corrected chi connectivity index (χ1v) is 8.90. The van der Waals surface area contributed by atoms with Gasteiger partial charge >= 0.3 is 0 Å². The predicted molar refractivity (Wildman–Crippen MR) is 103 cm³/mol. The van der Waals surface area contributed by atoms with Crippen molar-refractivity contribution in [3.63, 3.8) is 0 Å². The fourth-order valence-electron chi connectivity index (χ4n) is 2.35. The van der Waals surface area contributed by atoms with Crippen LogP contribution in [-0.4, -0.2) is 51.7 Å². The van der Waals surface area contributed by atoms with Gasteiger partial charge in [-0.2, -0.15) is 0 Å². The maximum Gasteiger partial charge on any atom is 0.191 e. The summed E-state index contributed by atoms with van der Waals surface area (Å²) in [6.07, 6.45) is 2.37. The highest BCUT2D eigenvalue weighted by atomic mass is 16.5. The third kappa shape index (κ3) is 7.68. The van der Waals surface area contributed by atoms with Crippen LogP contribution >= 0.6 is 0 Å². The standard InChI is InChI=1S/C19H34N4O/c1-6-16(7-2)14-21-19(20-3)22-15-17-10-8-9-11-18(17)24-13-12-23(4)5/h8-11,16H,6-7,12-15H2,1-5H3,(H2,20,21,22). The fraction of sp³-hybridized carbons (Fsp3) is 0.632. The zero-order valence-electron chi connectivity index (χ0n) is 15.9. The Morgan fingerprint density at radius 1 is 1.17 bits per heavy atom. The Morgan fingerprint density at radius 2 is 1.88 bits per heavy atom. The Kier molecular flexibility index (Phi) is 9.92. The van der Waals surface area contributed by atoms with Crippen molar-refractivity contribution in [3.8, 4) is 5.75 Å². The lowest BCUT2D eigenvalue weighted by Crippen LogP contribution is -2.39. The molecule has 5 heteroatoms. The van der Waals surface area contributed by atoms with Gasteiger partial charge in [0.1, 0.15) is 12.4 Å². The third-order valence-electron chi connectivity index (χ3n) is 4.15. The Labute approximate surface area is 147 Å². The van der Waals surface area contributed by atoms with Crippen LogP contribution in [0.4, 0.5) is 0 Å². The summed E-state index contributed by atoms with van der Waals surface area (Å²) in [5.41, 5.74) is 1.14. The van der Waals surface area contributed by atoms with Crippen LogP contribution in [0.1, 0.15) is 32.3 Å². The number of ether oxygens (including phenoxy) is 1. The molecule has 2 N–H and O–H groups in total. The van der Waals surface area contributed by atoms with Gasteiger partial charge in [-0.15, -0.1) is 0 Å². The van der Waals surface area contributed by atoms with Crippen molar-refractivity contribution in [1.29, 1.82) is 0 Å². The number of nitrogens with zero attached hydrogens (tertiary/aromatic N) is 2. The van der Waals surface area contributed by atoms with E-state index in [1.165, 1.54) is 12.8 Å². The lowest BCUT2D eigenvalue weighted by molar-refractivity contribution is 0.259. The molecule has 136 valence electrons. The van der Waals surface area contributed by atoms with E-state index in [-0.39, 0.29) is 0 Å². The second kappa shape index (κ2) is 11.7. The molecule has 0 radical (unpaired) electrons. The molecule has 0 aliphatic rings. The number of hydrogen-bond donors (Lipinski definition) is 2. The quantitative estimate of drug-likeness (QED) is 0.510. The summed E-state index contributed by atoms with van der Waals surface area (Å²) < 4.78 is 5.90. The Balaban J connectivity index is 2.52. The van der Waals surface area contributed by atoms with Crippen molar-refractivity contribution in [2.75, 3.05) is 40.8 Å². The number of likely N-dealkylation sites (N-methyl/N-ethyl adjacent to an activating group) is 1. The molecule has 0 unspecified atom stereocenters. The topological polar surface area (TPSA) is 48.9 Å². The zero-order chi connectivity index (χ0) is 17.8. The van der Waals surface area contributed by atoms with Gasteiger partial charge in [0, 0.05) is 32.2 Å². The molecular formula is C19H34N4O. The van der Waals surface area contributed by atoms with Gasteiger partial charge in [-0.25, -0.2) is 0 Å². The molecule has 1 aromatic carbocycles. The molecule has 0 bridgehead atoms. The van der Waals surface area contributed by atoms with Crippen molar-refractivity contribution in [2.45, 2.75) is 33.2 Å². The molecule has 0 aliphatic carbocycles. The number of rotatable bonds is 10. The van der Waals surface area contributed by atoms with E-state index in [4.69, 9.17) is 4.74 Å². The third-order valence-corrected chi connectivity index (χ3v) is 4.15. The summed E-state index contributed by atoms with van der Waals surface area (Å²) in [5, 5.41) is 6.79. The Morgan fingerprint density at radius 3 is 2.50 bits per heavy atom. The van der Waals surface area contributed by atoms with Crippen LogP contribution in [0.25, 0.3) is 0 Å². The SMILES string of the molecule is CCC(CC)CNC(=NC)NCc1ccccc1OCCN(C)C. The molecule has 0 atom stereocenters. The molecule has 5 nitrogen and oxygen atoms in total. The summed E-state index contributed by atoms with van der Waals surface area (Å²) >= 11 is 0. The highest BCUT2D eigenvalue weighted by Crippen LogP contribution is 2.17. The minimum Gasteiger partial charge on any atom is -0.492 e. The minimum atomic E-state index is 0.685. The van der Waals surface area contributed by atoms with Crippen LogP contribution in [0.3, 0.4) is 0 Å². The smallest absolute Gasteiger partial charge is 0.191 e. The lowest BCUT2D eigenvalue weighted by atomic mass is 10.0. The van der Waals surface area contributed by atoms with Crippen LogP contribution in [0.5, 0.6) is 5.75 Å². The summed E-state index contributed by atoms with van der Waals surface area (Å²) in [6.45, 7) is 7.70. The molecule has 0 saturated heterocycles. The molecule has 0 amide bonds. The maximum atomic E-state index is 5.90. The van der Waals surface area contributed by atoms with Crippen LogP contribution in [0, 0.1) is 5.92 Å². The van der Waals surface area contributed by atoms with Gasteiger partial charge in [0.05, 0.1) is 0 Å². The molecular weight excluding hydrogens is 300 g/mol. The van der Waals surface area contributed by atoms with Crippen molar-refractivity contribution in [1.82, 2.24) is 15.5 Å². The van der Waals surface area contributed by atoms with E-state index in [0.717, 1.165) is 30.4 Å². The zero-order valence-corrected chi connectivity index (χ0v) is 15.9. The molecule has 0 aliphatic heterocycles. The van der Waals surface area contributed by atoms with E-state index in [1.807, 2.05) is 39.3 Å². The van der Waals surface area contributed by atoms with Gasteiger partial charge in [0.15, 0.2) is 5.96 Å². The second-order valence-electron chi connectivity index (χ2n) is 6.25. The number of guanidine groups is 1. The van der Waals surface area contributed by atoms with E-state index >= 15 is 0 Å². The average Bonchev–Trinajstić information content (AvgIpc) is 2.59. The first-order valence-electron chi connectivity index (χ1n) is 8.90. The fourth-order valence-corrected chi connectivity index (χ4v) is 2.35. The van der Waals surface area contributed by atoms with E-state index < -0.39 is 0 Å². The maximum absolute atomic E-state index is 5.90. The first kappa shape index (κ1) is 20.3. The molecule has 24 heavy (non-hydrogen) atoms. The number of para-hydroxylation sites is 1. The van der Waals surface area contributed by atoms with Gasteiger partial charge < -0.3 is 20.3 Å². The van der Waals surface area contributed by atoms with Crippen molar-refractivity contribution in [3.05, 3.63) is 29.8 Å². The van der Waals surface area contributed by atoms with Crippen LogP contribution in [0.2, 0.25) is 0 Å². The van der Waals surface area contributed by atoms with Gasteiger partial charge in [0.25, 0.3) is 0 Å². The van der Waals surface area contributed by atoms with Gasteiger partial charge in [0.2, 0.25) is 0 Å². The summed E-state index contributed by atoms with van der Waals surface area (Å²) in [6, 6.07) is 8.16. The monoisotopic (exact) mass is 334 g/mol. The van der Waals surface area contributed by atoms with Crippen LogP contribution in [-0.2, 0) is 6.54 Å². The van der Waals surface area contributed by atoms with Gasteiger partial charge in [-0.3, -0.25) is 4.99 Å². The largest absolute Gasteiger partial charge is 0.492 e. The van der Waals surface area contributed by atoms with Gasteiger partial charge in [-0.05, 0) is 26.1 Å². The number of hydrogen-bond acceptors (Lipinski definition) is 3. The second-order valence-corrected chi connectivity index (χ2v) is 6.25. The van der Waals surface area contributed by atoms with E-state index in [2.05, 4.69) is 40.4 Å². The summed E-state index contributed by atoms with van der Waals surface area (Å²) in [4.78, 5) is 6.42. The Hall–Kier alpha value is -1.75. The van der Waals surface area contributed by atoms with Crippen molar-refractivity contribution < 1.29 is 4.74 Å².